The number of esters is 2. The van der Waals surface area contributed by atoms with Crippen LogP contribution in [0.3, 0.4) is 0 Å². The van der Waals surface area contributed by atoms with Crippen LogP contribution in [-0.2, 0) is 19.1 Å². The van der Waals surface area contributed by atoms with E-state index >= 15 is 0 Å². The summed E-state index contributed by atoms with van der Waals surface area (Å²) in [5.41, 5.74) is 2.06. The fourth-order valence-corrected chi connectivity index (χ4v) is 4.29. The van der Waals surface area contributed by atoms with E-state index < -0.39 is 17.9 Å². The summed E-state index contributed by atoms with van der Waals surface area (Å²) in [7, 11) is 0. The smallest absolute Gasteiger partial charge is 0.337 e. The lowest BCUT2D eigenvalue weighted by Gasteiger charge is -2.29. The number of dihydropyridines is 1. The number of carbonyl (C=O) groups is 2. The van der Waals surface area contributed by atoms with Gasteiger partial charge in [-0.3, -0.25) is 0 Å². The first kappa shape index (κ1) is 20.2. The Morgan fingerprint density at radius 3 is 2.04 bits per heavy atom. The van der Waals surface area contributed by atoms with Crippen molar-refractivity contribution in [1.82, 2.24) is 5.32 Å². The molecular formula is C19H20BrNO4S. The molecule has 138 valence electrons. The van der Waals surface area contributed by atoms with Crippen LogP contribution >= 0.6 is 27.3 Å². The highest BCUT2D eigenvalue weighted by atomic mass is 79.9. The van der Waals surface area contributed by atoms with E-state index in [2.05, 4.69) is 34.4 Å². The van der Waals surface area contributed by atoms with Crippen molar-refractivity contribution in [3.8, 4) is 0 Å². The van der Waals surface area contributed by atoms with Gasteiger partial charge in [0.05, 0.1) is 17.1 Å². The highest BCUT2D eigenvalue weighted by Crippen LogP contribution is 2.42. The number of thiophene rings is 1. The summed E-state index contributed by atoms with van der Waals surface area (Å²) < 4.78 is 11.4. The van der Waals surface area contributed by atoms with Gasteiger partial charge in [-0.25, -0.2) is 9.59 Å². The standard InChI is InChI=1S/C19H20BrNO4S/c1-5-7-24-18(22)15-11(3)21-12(4)16(19(23)25-8-6-2)17(15)14-9-13(20)10-26-14/h5-6,9-10,17,21H,1-2,7-8H2,3-4H3. The third-order valence-corrected chi connectivity index (χ3v) is 5.50. The molecule has 1 aromatic rings. The molecule has 1 aliphatic rings. The zero-order valence-corrected chi connectivity index (χ0v) is 17.0. The minimum Gasteiger partial charge on any atom is -0.458 e. The van der Waals surface area contributed by atoms with Crippen LogP contribution in [0.2, 0.25) is 0 Å². The van der Waals surface area contributed by atoms with Crippen LogP contribution in [0.15, 0.2) is 63.8 Å². The Kier molecular flexibility index (Phi) is 6.99. The zero-order valence-electron chi connectivity index (χ0n) is 14.6. The first-order valence-electron chi connectivity index (χ1n) is 7.89. The molecule has 1 aromatic heterocycles. The number of ether oxygens (including phenoxy) is 2. The van der Waals surface area contributed by atoms with Gasteiger partial charge in [-0.15, -0.1) is 11.3 Å². The molecule has 0 radical (unpaired) electrons. The molecule has 26 heavy (non-hydrogen) atoms. The van der Waals surface area contributed by atoms with Gasteiger partial charge in [-0.1, -0.05) is 25.3 Å². The lowest BCUT2D eigenvalue weighted by Crippen LogP contribution is -2.32. The summed E-state index contributed by atoms with van der Waals surface area (Å²) in [6.45, 7) is 10.9. The van der Waals surface area contributed by atoms with Gasteiger partial charge in [0.25, 0.3) is 0 Å². The largest absolute Gasteiger partial charge is 0.458 e. The number of hydrogen-bond acceptors (Lipinski definition) is 6. The second-order valence-electron chi connectivity index (χ2n) is 5.58. The molecule has 0 saturated heterocycles. The van der Waals surface area contributed by atoms with Crippen LogP contribution in [0.1, 0.15) is 24.6 Å². The van der Waals surface area contributed by atoms with E-state index in [1.165, 1.54) is 23.5 Å². The quantitative estimate of drug-likeness (QED) is 0.511. The summed E-state index contributed by atoms with van der Waals surface area (Å²) in [5.74, 6) is -1.56. The maximum absolute atomic E-state index is 12.7. The van der Waals surface area contributed by atoms with E-state index in [1.54, 1.807) is 13.8 Å². The molecule has 0 aromatic carbocycles. The molecule has 0 amide bonds. The van der Waals surface area contributed by atoms with Gasteiger partial charge < -0.3 is 14.8 Å². The highest BCUT2D eigenvalue weighted by molar-refractivity contribution is 9.10. The van der Waals surface area contributed by atoms with Gasteiger partial charge in [0, 0.05) is 26.1 Å². The first-order chi connectivity index (χ1) is 12.4. The normalized spacial score (nSPS) is 14.7. The topological polar surface area (TPSA) is 64.6 Å². The minimum absolute atomic E-state index is 0.0927. The molecule has 7 heteroatoms. The Morgan fingerprint density at radius 1 is 1.15 bits per heavy atom. The van der Waals surface area contributed by atoms with E-state index in [4.69, 9.17) is 9.47 Å². The molecule has 2 rings (SSSR count). The summed E-state index contributed by atoms with van der Waals surface area (Å²) in [6.07, 6.45) is 3.00. The van der Waals surface area contributed by atoms with Crippen LogP contribution in [0.4, 0.5) is 0 Å². The Bertz CT molecular complexity index is 760. The van der Waals surface area contributed by atoms with Gasteiger partial charge >= 0.3 is 11.9 Å². The zero-order chi connectivity index (χ0) is 19.3. The van der Waals surface area contributed by atoms with Crippen molar-refractivity contribution >= 4 is 39.2 Å². The van der Waals surface area contributed by atoms with Crippen molar-refractivity contribution in [3.05, 3.63) is 68.6 Å². The van der Waals surface area contributed by atoms with Crippen molar-refractivity contribution < 1.29 is 19.1 Å². The van der Waals surface area contributed by atoms with Crippen LogP contribution in [0.5, 0.6) is 0 Å². The molecule has 0 bridgehead atoms. The lowest BCUT2D eigenvalue weighted by molar-refractivity contribution is -0.138. The summed E-state index contributed by atoms with van der Waals surface area (Å²) >= 11 is 4.88. The minimum atomic E-state index is -0.567. The molecule has 2 heterocycles. The van der Waals surface area contributed by atoms with E-state index in [9.17, 15) is 9.59 Å². The second-order valence-corrected chi connectivity index (χ2v) is 7.44. The molecule has 0 fully saturated rings. The average molecular weight is 438 g/mol. The van der Waals surface area contributed by atoms with E-state index in [1.807, 2.05) is 11.4 Å². The van der Waals surface area contributed by atoms with Crippen molar-refractivity contribution in [1.29, 1.82) is 0 Å². The van der Waals surface area contributed by atoms with E-state index in [0.29, 0.717) is 22.5 Å². The molecule has 0 spiro atoms. The summed E-state index contributed by atoms with van der Waals surface area (Å²) in [6, 6.07) is 1.89. The second kappa shape index (κ2) is 9.00. The van der Waals surface area contributed by atoms with E-state index in [0.717, 1.165) is 9.35 Å². The van der Waals surface area contributed by atoms with Crippen molar-refractivity contribution in [2.75, 3.05) is 13.2 Å². The Morgan fingerprint density at radius 2 is 1.65 bits per heavy atom. The SMILES string of the molecule is C=CCOC(=O)C1=C(C)NC(C)=C(C(=O)OCC=C)C1c1cc(Br)cs1. The molecule has 5 nitrogen and oxygen atoms in total. The molecule has 0 saturated carbocycles. The number of rotatable bonds is 7. The van der Waals surface area contributed by atoms with E-state index in [-0.39, 0.29) is 13.2 Å². The number of allylic oxidation sites excluding steroid dienone is 2. The molecule has 0 atom stereocenters. The van der Waals surface area contributed by atoms with Crippen LogP contribution < -0.4 is 5.32 Å². The molecule has 0 aliphatic carbocycles. The number of carbonyl (C=O) groups excluding carboxylic acids is 2. The van der Waals surface area contributed by atoms with Gasteiger partial charge in [-0.05, 0) is 35.8 Å². The fourth-order valence-electron chi connectivity index (χ4n) is 2.72. The Labute approximate surface area is 165 Å². The summed E-state index contributed by atoms with van der Waals surface area (Å²) in [5, 5.41) is 5.00. The average Bonchev–Trinajstić information content (AvgIpc) is 3.03. The monoisotopic (exact) mass is 437 g/mol. The molecular weight excluding hydrogens is 418 g/mol. The number of halogens is 1. The van der Waals surface area contributed by atoms with Gasteiger partial charge in [-0.2, -0.15) is 0 Å². The Balaban J connectivity index is 2.53. The van der Waals surface area contributed by atoms with Gasteiger partial charge in [0.1, 0.15) is 13.2 Å². The van der Waals surface area contributed by atoms with Crippen LogP contribution in [0, 0.1) is 0 Å². The molecule has 1 N–H and O–H groups in total. The van der Waals surface area contributed by atoms with Crippen molar-refractivity contribution in [2.24, 2.45) is 0 Å². The van der Waals surface area contributed by atoms with Crippen LogP contribution in [-0.4, -0.2) is 25.2 Å². The maximum atomic E-state index is 12.7. The number of hydrogen-bond donors (Lipinski definition) is 1. The first-order valence-corrected chi connectivity index (χ1v) is 9.56. The summed E-state index contributed by atoms with van der Waals surface area (Å²) in [4.78, 5) is 26.2. The van der Waals surface area contributed by atoms with Gasteiger partial charge in [0.2, 0.25) is 0 Å². The maximum Gasteiger partial charge on any atom is 0.337 e. The van der Waals surface area contributed by atoms with Crippen LogP contribution in [0.25, 0.3) is 0 Å². The van der Waals surface area contributed by atoms with Crippen molar-refractivity contribution in [3.63, 3.8) is 0 Å². The predicted molar refractivity (Wildman–Crippen MR) is 106 cm³/mol. The third kappa shape index (κ3) is 4.34. The highest BCUT2D eigenvalue weighted by Gasteiger charge is 2.38. The lowest BCUT2D eigenvalue weighted by atomic mass is 9.84. The molecule has 0 unspecified atom stereocenters. The number of nitrogens with one attached hydrogen (secondary N) is 1. The predicted octanol–water partition coefficient (Wildman–Crippen LogP) is 4.20. The van der Waals surface area contributed by atoms with Gasteiger partial charge in [0.15, 0.2) is 0 Å². The fraction of sp³-hybridized carbons (Fsp3) is 0.263. The third-order valence-electron chi connectivity index (χ3n) is 3.74. The Hall–Kier alpha value is -2.12. The van der Waals surface area contributed by atoms with Crippen molar-refractivity contribution in [2.45, 2.75) is 19.8 Å². The molecule has 1 aliphatic heterocycles.